The Kier molecular flexibility index (Phi) is 2.96. The van der Waals surface area contributed by atoms with Crippen LogP contribution in [0.3, 0.4) is 0 Å². The van der Waals surface area contributed by atoms with Gasteiger partial charge in [-0.1, -0.05) is 41.9 Å². The van der Waals surface area contributed by atoms with Crippen molar-refractivity contribution in [1.29, 1.82) is 2.56 Å². The van der Waals surface area contributed by atoms with E-state index in [2.05, 4.69) is 30.3 Å². The van der Waals surface area contributed by atoms with Crippen LogP contribution in [0.5, 0.6) is 0 Å². The van der Waals surface area contributed by atoms with Crippen molar-refractivity contribution in [2.24, 2.45) is 0 Å². The molecule has 85 valence electrons. The lowest BCUT2D eigenvalue weighted by molar-refractivity contribution is 0.944. The second kappa shape index (κ2) is 5.20. The summed E-state index contributed by atoms with van der Waals surface area (Å²) in [4.78, 5) is 0. The van der Waals surface area contributed by atoms with Crippen molar-refractivity contribution in [3.63, 3.8) is 0 Å². The van der Waals surface area contributed by atoms with Crippen LogP contribution in [0.1, 0.15) is 11.1 Å². The molecule has 0 saturated heterocycles. The molecule has 0 spiro atoms. The molecule has 2 aromatic carbocycles. The zero-order valence-corrected chi connectivity index (χ0v) is 11.9. The van der Waals surface area contributed by atoms with Crippen molar-refractivity contribution in [3.8, 4) is 11.1 Å². The molecule has 0 aromatic heterocycles. The van der Waals surface area contributed by atoms with E-state index in [1.807, 2.05) is 13.1 Å². The van der Waals surface area contributed by atoms with Crippen LogP contribution in [-0.4, -0.2) is 17.1 Å². The number of fused-ring (bicyclic) bond motifs is 3. The van der Waals surface area contributed by atoms with Gasteiger partial charge in [0, 0.05) is 1.28 Å². The fourth-order valence-corrected chi connectivity index (χ4v) is 3.14. The summed E-state index contributed by atoms with van der Waals surface area (Å²) in [5, 5.41) is 0.947. The van der Waals surface area contributed by atoms with Gasteiger partial charge in [0.1, 0.15) is 7.57 Å². The lowest BCUT2D eigenvalue weighted by Gasteiger charge is -2.21. The first-order chi connectivity index (χ1) is 9.69. The van der Waals surface area contributed by atoms with Crippen LogP contribution in [0.2, 0.25) is 0 Å². The Morgan fingerprint density at radius 1 is 1.17 bits per heavy atom. The molecule has 0 fully saturated rings. The first-order valence-electron chi connectivity index (χ1n) is 6.94. The molecule has 0 heterocycles. The van der Waals surface area contributed by atoms with Crippen LogP contribution in [0, 0.1) is 0 Å². The SMILES string of the molecule is [2H]P[B]c1ccc2c(c1)CCc1cc(P([2H])[B])ccc1-2. The van der Waals surface area contributed by atoms with Gasteiger partial charge in [0.15, 0.2) is 7.00 Å². The lowest BCUT2D eigenvalue weighted by Crippen LogP contribution is -2.13. The third kappa shape index (κ3) is 2.18. The minimum Gasteiger partial charge on any atom is -0.172 e. The average Bonchev–Trinajstić information content (AvgIpc) is 2.46. The van der Waals surface area contributed by atoms with E-state index >= 15 is 0 Å². The molecule has 0 amide bonds. The van der Waals surface area contributed by atoms with Gasteiger partial charge in [-0.25, -0.2) is 0 Å². The van der Waals surface area contributed by atoms with E-state index in [1.165, 1.54) is 22.3 Å². The van der Waals surface area contributed by atoms with Crippen molar-refractivity contribution >= 4 is 42.8 Å². The quantitative estimate of drug-likeness (QED) is 0.589. The van der Waals surface area contributed by atoms with Crippen LogP contribution >= 0.6 is 17.5 Å². The summed E-state index contributed by atoms with van der Waals surface area (Å²) >= 11 is 0. The summed E-state index contributed by atoms with van der Waals surface area (Å²) < 4.78 is 15.0. The van der Waals surface area contributed by atoms with Crippen LogP contribution in [-0.2, 0) is 12.8 Å². The molecule has 3 rings (SSSR count). The van der Waals surface area contributed by atoms with Crippen molar-refractivity contribution in [3.05, 3.63) is 47.5 Å². The first-order valence-corrected chi connectivity index (χ1v) is 7.53. The molecule has 2 unspecified atom stereocenters. The van der Waals surface area contributed by atoms with Crippen LogP contribution in [0.4, 0.5) is 0 Å². The van der Waals surface area contributed by atoms with Gasteiger partial charge in [-0.2, -0.15) is 9.06 Å². The van der Waals surface area contributed by atoms with Gasteiger partial charge in [-0.3, -0.25) is 0 Å². The van der Waals surface area contributed by atoms with Crippen LogP contribution in [0.25, 0.3) is 11.1 Å². The molecule has 0 N–H and O–H groups in total. The standard InChI is InChI=1S/C14H13B2P2/c15-18-12-4-6-14-10(8-12)2-1-9-7-11(16-17)3-5-13(9)14/h3-8,18H,1-2,17H2/i17D,18D. The summed E-state index contributed by atoms with van der Waals surface area (Å²) in [6.07, 6.45) is 2.03. The average molecular weight is 267 g/mol. The molecular formula is C14H13B2P2. The van der Waals surface area contributed by atoms with E-state index in [0.29, 0.717) is 0 Å². The van der Waals surface area contributed by atoms with E-state index in [9.17, 15) is 0 Å². The van der Waals surface area contributed by atoms with E-state index in [-0.39, 0.29) is 9.06 Å². The third-order valence-electron chi connectivity index (χ3n) is 3.49. The van der Waals surface area contributed by atoms with Crippen molar-refractivity contribution in [2.45, 2.75) is 12.8 Å². The Balaban J connectivity index is 2.03. The number of hydrogen-bond donors (Lipinski definition) is 0. The number of rotatable bonds is 3. The van der Waals surface area contributed by atoms with Gasteiger partial charge in [-0.05, 0) is 40.4 Å². The highest BCUT2D eigenvalue weighted by Crippen LogP contribution is 2.32. The summed E-state index contributed by atoms with van der Waals surface area (Å²) in [5.74, 6) is 0. The highest BCUT2D eigenvalue weighted by atomic mass is 31.1. The molecule has 1 aliphatic carbocycles. The van der Waals surface area contributed by atoms with Gasteiger partial charge >= 0.3 is 0 Å². The first kappa shape index (κ1) is 10.2. The molecule has 4 heteroatoms. The monoisotopic (exact) mass is 267 g/mol. The summed E-state index contributed by atoms with van der Waals surface area (Å²) in [6.45, 7) is 1.96. The largest absolute Gasteiger partial charge is 0.178 e. The molecule has 3 radical (unpaired) electrons. The van der Waals surface area contributed by atoms with Gasteiger partial charge in [0.05, 0.1) is 1.28 Å². The normalized spacial score (nSPS) is 16.7. The maximum Gasteiger partial charge on any atom is 0.178 e. The van der Waals surface area contributed by atoms with Gasteiger partial charge in [0.2, 0.25) is 0 Å². The van der Waals surface area contributed by atoms with Crippen molar-refractivity contribution < 1.29 is 0 Å². The summed E-state index contributed by atoms with van der Waals surface area (Å²) in [5.41, 5.74) is 6.37. The minimum absolute atomic E-state index is 0.0994. The van der Waals surface area contributed by atoms with Crippen LogP contribution < -0.4 is 10.8 Å². The Bertz CT molecular complexity index is 647. The van der Waals surface area contributed by atoms with E-state index in [1.54, 1.807) is 0 Å². The fraction of sp³-hybridized carbons (Fsp3) is 0.143. The molecule has 0 aliphatic heterocycles. The van der Waals surface area contributed by atoms with E-state index in [4.69, 9.17) is 10.1 Å². The minimum atomic E-state index is -1.26. The van der Waals surface area contributed by atoms with Gasteiger partial charge in [0.25, 0.3) is 0 Å². The molecule has 0 bridgehead atoms. The summed E-state index contributed by atoms with van der Waals surface area (Å²) in [6, 6.07) is 12.6. The van der Waals surface area contributed by atoms with Crippen molar-refractivity contribution in [1.82, 2.24) is 0 Å². The molecule has 0 nitrogen and oxygen atoms in total. The zero-order chi connectivity index (χ0) is 14.1. The van der Waals surface area contributed by atoms with Gasteiger partial charge in [-0.15, -0.1) is 8.40 Å². The van der Waals surface area contributed by atoms with E-state index in [0.717, 1.165) is 23.6 Å². The summed E-state index contributed by atoms with van der Waals surface area (Å²) in [7, 11) is 4.54. The number of benzene rings is 2. The Morgan fingerprint density at radius 2 is 1.89 bits per heavy atom. The van der Waals surface area contributed by atoms with E-state index < -0.39 is 8.40 Å². The molecular weight excluding hydrogens is 252 g/mol. The smallest absolute Gasteiger partial charge is 0.172 e. The van der Waals surface area contributed by atoms with Gasteiger partial charge < -0.3 is 0 Å². The predicted octanol–water partition coefficient (Wildman–Crippen LogP) is 1.96. The predicted molar refractivity (Wildman–Crippen MR) is 88.1 cm³/mol. The third-order valence-corrected chi connectivity index (χ3v) is 4.40. The number of hydrogen-bond acceptors (Lipinski definition) is 0. The molecule has 2 atom stereocenters. The molecule has 18 heavy (non-hydrogen) atoms. The number of aryl methyl sites for hydroxylation is 2. The highest BCUT2D eigenvalue weighted by Gasteiger charge is 2.16. The Hall–Kier alpha value is -0.570. The fourth-order valence-electron chi connectivity index (χ4n) is 2.57. The van der Waals surface area contributed by atoms with Crippen molar-refractivity contribution in [2.75, 3.05) is 0 Å². The second-order valence-electron chi connectivity index (χ2n) is 4.53. The topological polar surface area (TPSA) is 0 Å². The maximum atomic E-state index is 7.68. The molecule has 2 aromatic rings. The zero-order valence-electron chi connectivity index (χ0n) is 12.0. The Morgan fingerprint density at radius 3 is 2.61 bits per heavy atom. The molecule has 0 saturated carbocycles. The highest BCUT2D eigenvalue weighted by molar-refractivity contribution is 7.73. The molecule has 1 aliphatic rings. The second-order valence-corrected chi connectivity index (χ2v) is 5.59. The van der Waals surface area contributed by atoms with Crippen LogP contribution in [0.15, 0.2) is 36.4 Å². The Labute approximate surface area is 117 Å². The maximum absolute atomic E-state index is 7.68. The lowest BCUT2D eigenvalue weighted by atomic mass is 9.82.